The topological polar surface area (TPSA) is 35.2 Å². The molecule has 108 valence electrons. The van der Waals surface area contributed by atoms with Crippen LogP contribution in [0.1, 0.15) is 17.2 Å². The first-order chi connectivity index (χ1) is 9.16. The van der Waals surface area contributed by atoms with Crippen molar-refractivity contribution in [3.8, 4) is 5.75 Å². The minimum atomic E-state index is -2.58. The van der Waals surface area contributed by atoms with Gasteiger partial charge in [-0.2, -0.15) is 0 Å². The van der Waals surface area contributed by atoms with E-state index in [0.29, 0.717) is 17.9 Å². The number of ether oxygens (including phenoxy) is 1. The van der Waals surface area contributed by atoms with Gasteiger partial charge in [-0.15, -0.1) is 12.4 Å². The molecule has 2 N–H and O–H groups in total. The van der Waals surface area contributed by atoms with Crippen LogP contribution in [0.15, 0.2) is 54.6 Å². The summed E-state index contributed by atoms with van der Waals surface area (Å²) < 4.78 is 30.6. The van der Waals surface area contributed by atoms with Gasteiger partial charge in [0, 0.05) is 0 Å². The molecule has 2 nitrogen and oxygen atoms in total. The molecule has 5 heteroatoms. The number of benzene rings is 2. The summed E-state index contributed by atoms with van der Waals surface area (Å²) in [5, 5.41) is 0. The Labute approximate surface area is 123 Å². The van der Waals surface area contributed by atoms with Gasteiger partial charge in [-0.1, -0.05) is 42.5 Å². The Hall–Kier alpha value is -1.65. The molecule has 0 saturated carbocycles. The van der Waals surface area contributed by atoms with Crippen molar-refractivity contribution >= 4 is 12.4 Å². The summed E-state index contributed by atoms with van der Waals surface area (Å²) in [6.07, 6.45) is -2.58. The van der Waals surface area contributed by atoms with Gasteiger partial charge in [0.05, 0.1) is 6.04 Å². The van der Waals surface area contributed by atoms with Crippen LogP contribution < -0.4 is 10.5 Å². The minimum Gasteiger partial charge on any atom is -0.489 e. The van der Waals surface area contributed by atoms with Crippen molar-refractivity contribution in [3.63, 3.8) is 0 Å². The maximum atomic E-state index is 12.5. The standard InChI is InChI=1S/C15H15F2NO.ClH/c16-15(17)14(18)12-7-4-8-13(9-12)19-10-11-5-2-1-3-6-11;/h1-9,14-15H,10,18H2;1H/t14-;/m1./s1. The van der Waals surface area contributed by atoms with E-state index >= 15 is 0 Å². The zero-order valence-electron chi connectivity index (χ0n) is 10.7. The van der Waals surface area contributed by atoms with Crippen molar-refractivity contribution in [1.82, 2.24) is 0 Å². The molecule has 0 aromatic heterocycles. The smallest absolute Gasteiger partial charge is 0.257 e. The highest BCUT2D eigenvalue weighted by Crippen LogP contribution is 2.22. The van der Waals surface area contributed by atoms with Gasteiger partial charge >= 0.3 is 0 Å². The fourth-order valence-corrected chi connectivity index (χ4v) is 1.70. The van der Waals surface area contributed by atoms with Crippen LogP contribution in [-0.4, -0.2) is 6.43 Å². The minimum absolute atomic E-state index is 0. The lowest BCUT2D eigenvalue weighted by Crippen LogP contribution is -2.18. The second-order valence-corrected chi connectivity index (χ2v) is 4.21. The number of halogens is 3. The van der Waals surface area contributed by atoms with Crippen LogP contribution in [0.4, 0.5) is 8.78 Å². The molecule has 0 amide bonds. The SMILES string of the molecule is Cl.N[C@H](c1cccc(OCc2ccccc2)c1)C(F)F. The average Bonchev–Trinajstić information content (AvgIpc) is 2.45. The van der Waals surface area contributed by atoms with Crippen LogP contribution >= 0.6 is 12.4 Å². The molecular formula is C15H16ClF2NO. The monoisotopic (exact) mass is 299 g/mol. The van der Waals surface area contributed by atoms with E-state index < -0.39 is 12.5 Å². The fourth-order valence-electron chi connectivity index (χ4n) is 1.70. The number of alkyl halides is 2. The highest BCUT2D eigenvalue weighted by molar-refractivity contribution is 5.85. The second kappa shape index (κ2) is 7.82. The molecule has 0 bridgehead atoms. The Morgan fingerprint density at radius 3 is 2.35 bits per heavy atom. The number of nitrogens with two attached hydrogens (primary N) is 1. The van der Waals surface area contributed by atoms with E-state index in [1.807, 2.05) is 30.3 Å². The highest BCUT2D eigenvalue weighted by atomic mass is 35.5. The Balaban J connectivity index is 0.00000200. The normalized spacial score (nSPS) is 11.8. The molecule has 0 aliphatic rings. The maximum absolute atomic E-state index is 12.5. The van der Waals surface area contributed by atoms with Crippen LogP contribution in [0.5, 0.6) is 5.75 Å². The molecule has 0 aliphatic carbocycles. The highest BCUT2D eigenvalue weighted by Gasteiger charge is 2.17. The fraction of sp³-hybridized carbons (Fsp3) is 0.200. The van der Waals surface area contributed by atoms with Gasteiger partial charge in [0.15, 0.2) is 0 Å². The largest absolute Gasteiger partial charge is 0.489 e. The first-order valence-corrected chi connectivity index (χ1v) is 5.97. The van der Waals surface area contributed by atoms with E-state index in [-0.39, 0.29) is 12.4 Å². The third-order valence-electron chi connectivity index (χ3n) is 2.76. The summed E-state index contributed by atoms with van der Waals surface area (Å²) in [4.78, 5) is 0. The first kappa shape index (κ1) is 16.4. The third kappa shape index (κ3) is 4.47. The summed E-state index contributed by atoms with van der Waals surface area (Å²) in [5.41, 5.74) is 6.80. The molecule has 2 rings (SSSR count). The molecule has 0 aliphatic heterocycles. The molecule has 2 aromatic carbocycles. The summed E-state index contributed by atoms with van der Waals surface area (Å²) in [6.45, 7) is 0.397. The number of rotatable bonds is 5. The van der Waals surface area contributed by atoms with Crippen molar-refractivity contribution in [3.05, 3.63) is 65.7 Å². The Morgan fingerprint density at radius 1 is 1.00 bits per heavy atom. The average molecular weight is 300 g/mol. The summed E-state index contributed by atoms with van der Waals surface area (Å²) in [5.74, 6) is 0.539. The van der Waals surface area contributed by atoms with Crippen molar-refractivity contribution < 1.29 is 13.5 Å². The molecule has 0 fully saturated rings. The van der Waals surface area contributed by atoms with Crippen LogP contribution in [0.25, 0.3) is 0 Å². The van der Waals surface area contributed by atoms with E-state index in [1.165, 1.54) is 0 Å². The van der Waals surface area contributed by atoms with Gasteiger partial charge in [0.2, 0.25) is 0 Å². The molecule has 1 atom stereocenters. The molecule has 0 spiro atoms. The molecule has 2 aromatic rings. The van der Waals surface area contributed by atoms with E-state index in [0.717, 1.165) is 5.56 Å². The van der Waals surface area contributed by atoms with Crippen LogP contribution in [-0.2, 0) is 6.61 Å². The zero-order valence-corrected chi connectivity index (χ0v) is 11.5. The van der Waals surface area contributed by atoms with Crippen molar-refractivity contribution in [2.45, 2.75) is 19.1 Å². The lowest BCUT2D eigenvalue weighted by molar-refractivity contribution is 0.116. The van der Waals surface area contributed by atoms with Crippen LogP contribution in [0.3, 0.4) is 0 Å². The zero-order chi connectivity index (χ0) is 13.7. The second-order valence-electron chi connectivity index (χ2n) is 4.21. The van der Waals surface area contributed by atoms with Gasteiger partial charge in [0.25, 0.3) is 6.43 Å². The van der Waals surface area contributed by atoms with E-state index in [1.54, 1.807) is 24.3 Å². The number of hydrogen-bond donors (Lipinski definition) is 1. The lowest BCUT2D eigenvalue weighted by atomic mass is 10.1. The predicted octanol–water partition coefficient (Wildman–Crippen LogP) is 3.95. The lowest BCUT2D eigenvalue weighted by Gasteiger charge is -2.12. The molecule has 0 radical (unpaired) electrons. The Morgan fingerprint density at radius 2 is 1.70 bits per heavy atom. The number of hydrogen-bond acceptors (Lipinski definition) is 2. The van der Waals surface area contributed by atoms with Gasteiger partial charge in [-0.05, 0) is 23.3 Å². The van der Waals surface area contributed by atoms with Crippen molar-refractivity contribution in [2.24, 2.45) is 5.73 Å². The third-order valence-corrected chi connectivity index (χ3v) is 2.76. The Bertz CT molecular complexity index is 522. The van der Waals surface area contributed by atoms with Gasteiger partial charge < -0.3 is 10.5 Å². The van der Waals surface area contributed by atoms with Gasteiger partial charge in [0.1, 0.15) is 12.4 Å². The van der Waals surface area contributed by atoms with E-state index in [2.05, 4.69) is 0 Å². The van der Waals surface area contributed by atoms with E-state index in [9.17, 15) is 8.78 Å². The summed E-state index contributed by atoms with van der Waals surface area (Å²) in [6, 6.07) is 14.9. The molecule has 0 unspecified atom stereocenters. The quantitative estimate of drug-likeness (QED) is 0.907. The van der Waals surface area contributed by atoms with Crippen molar-refractivity contribution in [2.75, 3.05) is 0 Å². The molecular weight excluding hydrogens is 284 g/mol. The molecule has 20 heavy (non-hydrogen) atoms. The van der Waals surface area contributed by atoms with Crippen molar-refractivity contribution in [1.29, 1.82) is 0 Å². The van der Waals surface area contributed by atoms with E-state index in [4.69, 9.17) is 10.5 Å². The van der Waals surface area contributed by atoms with Gasteiger partial charge in [-0.3, -0.25) is 0 Å². The van der Waals surface area contributed by atoms with Gasteiger partial charge in [-0.25, -0.2) is 8.78 Å². The predicted molar refractivity (Wildman–Crippen MR) is 77.4 cm³/mol. The Kier molecular flexibility index (Phi) is 6.42. The first-order valence-electron chi connectivity index (χ1n) is 5.97. The molecule has 0 saturated heterocycles. The maximum Gasteiger partial charge on any atom is 0.257 e. The molecule has 0 heterocycles. The van der Waals surface area contributed by atoms with Crippen LogP contribution in [0.2, 0.25) is 0 Å². The summed E-state index contributed by atoms with van der Waals surface area (Å²) >= 11 is 0. The van der Waals surface area contributed by atoms with Crippen LogP contribution in [0, 0.1) is 0 Å². The summed E-state index contributed by atoms with van der Waals surface area (Å²) in [7, 11) is 0.